The standard InChI is InChI=1S/C47H66O21/c1-21(48)60-34-36(62-23(3)50)40(64-25(5)52)44(67-38(34)42(55)57-9)59-20-33(54)32-14-13-30-29-12-11-27-19-28(15-17-46(27,7)31(29)16-18-47(30,32)8)66-45-41(65-26(6)53)37(63-24(4)51)35(61-22(2)49)39(68-45)43(56)58-10/h27-32,34-41,44-45H,11-20H2,1-10H3/t27-,28-,29+,30-,31+,32+,34-,35+,36-,37+,38+,39-,40+,41-,44+,45-,46-,47+/m1/s1. The Morgan fingerprint density at radius 1 is 0.500 bits per heavy atom. The Balaban J connectivity index is 1.14. The van der Waals surface area contributed by atoms with Gasteiger partial charge in [0.05, 0.1) is 20.3 Å². The zero-order chi connectivity index (χ0) is 50.0. The van der Waals surface area contributed by atoms with E-state index in [2.05, 4.69) is 13.8 Å². The fourth-order valence-electron chi connectivity index (χ4n) is 12.7. The molecule has 0 aromatic carbocycles. The molecule has 0 radical (unpaired) electrons. The van der Waals surface area contributed by atoms with Gasteiger partial charge in [-0.05, 0) is 92.3 Å². The van der Waals surface area contributed by atoms with E-state index in [1.807, 2.05) is 0 Å². The molecule has 6 rings (SSSR count). The number of ether oxygens (including phenoxy) is 12. The minimum Gasteiger partial charge on any atom is -0.467 e. The van der Waals surface area contributed by atoms with E-state index in [1.165, 1.54) is 0 Å². The fraction of sp³-hybridized carbons (Fsp3) is 0.809. The first kappa shape index (κ1) is 52.6. The van der Waals surface area contributed by atoms with Crippen molar-refractivity contribution >= 4 is 53.5 Å². The molecule has 6 aliphatic rings. The average Bonchev–Trinajstić information content (AvgIpc) is 3.62. The number of hydrogen-bond acceptors (Lipinski definition) is 21. The molecule has 21 heteroatoms. The third-order valence-corrected chi connectivity index (χ3v) is 15.4. The summed E-state index contributed by atoms with van der Waals surface area (Å²) >= 11 is 0. The minimum atomic E-state index is -1.65. The van der Waals surface area contributed by atoms with Crippen molar-refractivity contribution in [2.24, 2.45) is 40.4 Å². The van der Waals surface area contributed by atoms with E-state index >= 15 is 0 Å². The number of ketones is 1. The smallest absolute Gasteiger partial charge is 0.339 e. The van der Waals surface area contributed by atoms with Gasteiger partial charge in [-0.1, -0.05) is 13.8 Å². The van der Waals surface area contributed by atoms with E-state index in [4.69, 9.17) is 56.8 Å². The molecule has 0 unspecified atom stereocenters. The molecule has 4 aliphatic carbocycles. The van der Waals surface area contributed by atoms with Crippen LogP contribution in [0.3, 0.4) is 0 Å². The lowest BCUT2D eigenvalue weighted by Gasteiger charge is -2.61. The van der Waals surface area contributed by atoms with Crippen molar-refractivity contribution < 1.29 is 100.0 Å². The molecule has 380 valence electrons. The Bertz CT molecular complexity index is 1950. The van der Waals surface area contributed by atoms with Gasteiger partial charge < -0.3 is 56.8 Å². The lowest BCUT2D eigenvalue weighted by molar-refractivity contribution is -0.315. The number of methoxy groups -OCH3 is 2. The molecule has 2 saturated heterocycles. The van der Waals surface area contributed by atoms with E-state index in [0.717, 1.165) is 94.3 Å². The molecule has 18 atom stereocenters. The van der Waals surface area contributed by atoms with Crippen molar-refractivity contribution in [1.29, 1.82) is 0 Å². The number of Topliss-reactive ketones (excluding diaryl/α,β-unsaturated/α-hetero) is 1. The Hall–Kier alpha value is -4.73. The molecule has 2 heterocycles. The second-order valence-corrected chi connectivity index (χ2v) is 19.5. The first-order valence-corrected chi connectivity index (χ1v) is 23.3. The van der Waals surface area contributed by atoms with E-state index in [1.54, 1.807) is 0 Å². The van der Waals surface area contributed by atoms with Gasteiger partial charge in [-0.3, -0.25) is 33.6 Å². The normalized spacial score (nSPS) is 39.5. The lowest BCUT2D eigenvalue weighted by Crippen LogP contribution is -2.64. The van der Waals surface area contributed by atoms with Crippen LogP contribution in [0.1, 0.15) is 113 Å². The maximum atomic E-state index is 14.3. The van der Waals surface area contributed by atoms with Crippen LogP contribution in [0.4, 0.5) is 0 Å². The maximum Gasteiger partial charge on any atom is 0.339 e. The highest BCUT2D eigenvalue weighted by molar-refractivity contribution is 5.83. The molecule has 4 saturated carbocycles. The van der Waals surface area contributed by atoms with Crippen LogP contribution < -0.4 is 0 Å². The van der Waals surface area contributed by atoms with Crippen LogP contribution in [-0.4, -0.2) is 142 Å². The zero-order valence-corrected chi connectivity index (χ0v) is 40.4. The molecule has 0 N–H and O–H groups in total. The van der Waals surface area contributed by atoms with E-state index < -0.39 is 122 Å². The van der Waals surface area contributed by atoms with Gasteiger partial charge in [-0.2, -0.15) is 0 Å². The second-order valence-electron chi connectivity index (χ2n) is 19.5. The topological polar surface area (TPSA) is 264 Å². The summed E-state index contributed by atoms with van der Waals surface area (Å²) in [4.78, 5) is 114. The molecule has 0 spiro atoms. The van der Waals surface area contributed by atoms with Crippen molar-refractivity contribution in [3.63, 3.8) is 0 Å². The number of carbonyl (C=O) groups excluding carboxylic acids is 9. The summed E-state index contributed by atoms with van der Waals surface area (Å²) < 4.78 is 67.2. The maximum absolute atomic E-state index is 14.3. The summed E-state index contributed by atoms with van der Waals surface area (Å²) in [5, 5.41) is 0. The number of carbonyl (C=O) groups is 9. The van der Waals surface area contributed by atoms with Gasteiger partial charge in [0.2, 0.25) is 0 Å². The van der Waals surface area contributed by atoms with Crippen LogP contribution in [0.5, 0.6) is 0 Å². The van der Waals surface area contributed by atoms with Gasteiger partial charge in [0, 0.05) is 47.5 Å². The zero-order valence-electron chi connectivity index (χ0n) is 40.4. The predicted molar refractivity (Wildman–Crippen MR) is 226 cm³/mol. The highest BCUT2D eigenvalue weighted by Crippen LogP contribution is 2.67. The third kappa shape index (κ3) is 11.0. The molecular weight excluding hydrogens is 900 g/mol. The van der Waals surface area contributed by atoms with Crippen LogP contribution in [0.2, 0.25) is 0 Å². The van der Waals surface area contributed by atoms with Crippen molar-refractivity contribution in [2.45, 2.75) is 181 Å². The molecule has 0 aromatic rings. The molecule has 0 aromatic heterocycles. The van der Waals surface area contributed by atoms with Gasteiger partial charge in [0.1, 0.15) is 6.61 Å². The largest absolute Gasteiger partial charge is 0.467 e. The first-order valence-electron chi connectivity index (χ1n) is 23.3. The van der Waals surface area contributed by atoms with Gasteiger partial charge in [0.25, 0.3) is 0 Å². The highest BCUT2D eigenvalue weighted by Gasteiger charge is 2.63. The van der Waals surface area contributed by atoms with E-state index in [-0.39, 0.29) is 34.4 Å². The van der Waals surface area contributed by atoms with Crippen LogP contribution >= 0.6 is 0 Å². The number of esters is 8. The summed E-state index contributed by atoms with van der Waals surface area (Å²) in [5.41, 5.74) is -0.429. The molecule has 0 bridgehead atoms. The molecule has 21 nitrogen and oxygen atoms in total. The number of rotatable bonds is 14. The summed E-state index contributed by atoms with van der Waals surface area (Å²) in [6, 6.07) is 0. The summed E-state index contributed by atoms with van der Waals surface area (Å²) in [5.74, 6) is -6.10. The Morgan fingerprint density at radius 3 is 1.44 bits per heavy atom. The first-order chi connectivity index (χ1) is 32.0. The monoisotopic (exact) mass is 966 g/mol. The van der Waals surface area contributed by atoms with Crippen LogP contribution in [0.15, 0.2) is 0 Å². The minimum absolute atomic E-state index is 0.0735. The van der Waals surface area contributed by atoms with Crippen molar-refractivity contribution in [1.82, 2.24) is 0 Å². The average molecular weight is 967 g/mol. The SMILES string of the molecule is COC(=O)[C@H]1O[C@H](OCC(=O)[C@@H]2CC[C@@H]3[C@@H]4CC[C@@H]5C[C@H](O[C@@H]6O[C@@H](C(=O)OC)[C@@H](OC(C)=O)[C@H](OC(C)=O)[C@H]6OC(C)=O)CC[C@@]5(C)[C@H]4CC[C@@]32C)[C@@H](OC(C)=O)[C@H](OC(C)=O)[C@H]1OC(C)=O. The fourth-order valence-corrected chi connectivity index (χ4v) is 12.7. The van der Waals surface area contributed by atoms with Crippen LogP contribution in [-0.2, 0) is 100.0 Å². The van der Waals surface area contributed by atoms with Crippen LogP contribution in [0.25, 0.3) is 0 Å². The summed E-state index contributed by atoms with van der Waals surface area (Å²) in [6.45, 7) is 10.7. The predicted octanol–water partition coefficient (Wildman–Crippen LogP) is 3.00. The molecule has 0 amide bonds. The van der Waals surface area contributed by atoms with Crippen molar-refractivity contribution in [3.05, 3.63) is 0 Å². The molecular formula is C47H66O21. The van der Waals surface area contributed by atoms with Gasteiger partial charge in [-0.15, -0.1) is 0 Å². The molecule has 2 aliphatic heterocycles. The Labute approximate surface area is 394 Å². The Kier molecular flexibility index (Phi) is 16.6. The summed E-state index contributed by atoms with van der Waals surface area (Å²) in [6.07, 6.45) is -8.57. The molecule has 6 fully saturated rings. The molecule has 68 heavy (non-hydrogen) atoms. The van der Waals surface area contributed by atoms with Crippen molar-refractivity contribution in [3.8, 4) is 0 Å². The highest BCUT2D eigenvalue weighted by atomic mass is 16.8. The van der Waals surface area contributed by atoms with Gasteiger partial charge in [0.15, 0.2) is 67.2 Å². The third-order valence-electron chi connectivity index (χ3n) is 15.4. The quantitative estimate of drug-likeness (QED) is 0.138. The lowest BCUT2D eigenvalue weighted by atomic mass is 9.44. The number of fused-ring (bicyclic) bond motifs is 5. The number of hydrogen-bond donors (Lipinski definition) is 0. The second kappa shape index (κ2) is 21.5. The van der Waals surface area contributed by atoms with Gasteiger partial charge >= 0.3 is 47.8 Å². The van der Waals surface area contributed by atoms with Crippen LogP contribution in [0, 0.1) is 40.4 Å². The van der Waals surface area contributed by atoms with Crippen molar-refractivity contribution in [2.75, 3.05) is 20.8 Å². The van der Waals surface area contributed by atoms with Gasteiger partial charge in [-0.25, -0.2) is 9.59 Å². The Morgan fingerprint density at radius 2 is 0.941 bits per heavy atom. The van der Waals surface area contributed by atoms with E-state index in [9.17, 15) is 43.2 Å². The van der Waals surface area contributed by atoms with E-state index in [0.29, 0.717) is 31.1 Å². The summed E-state index contributed by atoms with van der Waals surface area (Å²) in [7, 11) is 2.22.